The van der Waals surface area contributed by atoms with Gasteiger partial charge in [0.15, 0.2) is 0 Å². The molecule has 0 atom stereocenters. The van der Waals surface area contributed by atoms with Gasteiger partial charge in [0, 0.05) is 37.9 Å². The van der Waals surface area contributed by atoms with Crippen molar-refractivity contribution in [3.63, 3.8) is 0 Å². The number of hydrogen-bond acceptors (Lipinski definition) is 3. The standard InChI is InChI=1S/C33H40N2O/c1-25(2)34-21-23-35(24-22-34)30-17-13-28(14-18-30)33(29-15-19-31(36-3)20-16-29)32(27-11-7-8-12-27)26-9-5-4-6-10-26/h4-6,9-10,13-20,25,27H,7-8,11-12,21-24H2,1-3H3/b33-32-. The van der Waals surface area contributed by atoms with Crippen LogP contribution in [0, 0.1) is 5.92 Å². The molecule has 3 heteroatoms. The summed E-state index contributed by atoms with van der Waals surface area (Å²) in [7, 11) is 1.74. The molecule has 5 rings (SSSR count). The average molecular weight is 481 g/mol. The van der Waals surface area contributed by atoms with Gasteiger partial charge >= 0.3 is 0 Å². The van der Waals surface area contributed by atoms with E-state index >= 15 is 0 Å². The second-order valence-electron chi connectivity index (χ2n) is 10.5. The van der Waals surface area contributed by atoms with Crippen molar-refractivity contribution in [1.29, 1.82) is 0 Å². The molecule has 0 unspecified atom stereocenters. The first-order chi connectivity index (χ1) is 17.6. The molecule has 1 saturated carbocycles. The summed E-state index contributed by atoms with van der Waals surface area (Å²) >= 11 is 0. The molecular formula is C33H40N2O. The van der Waals surface area contributed by atoms with Crippen LogP contribution in [0.4, 0.5) is 5.69 Å². The molecule has 0 radical (unpaired) electrons. The smallest absolute Gasteiger partial charge is 0.118 e. The van der Waals surface area contributed by atoms with Gasteiger partial charge < -0.3 is 9.64 Å². The van der Waals surface area contributed by atoms with E-state index in [2.05, 4.69) is 103 Å². The highest BCUT2D eigenvalue weighted by Crippen LogP contribution is 2.44. The first kappa shape index (κ1) is 24.6. The molecule has 1 saturated heterocycles. The van der Waals surface area contributed by atoms with Gasteiger partial charge in [0.2, 0.25) is 0 Å². The lowest BCUT2D eigenvalue weighted by atomic mass is 9.82. The maximum absolute atomic E-state index is 5.48. The molecule has 0 bridgehead atoms. The van der Waals surface area contributed by atoms with Crippen LogP contribution in [0.15, 0.2) is 78.9 Å². The Morgan fingerprint density at radius 1 is 0.722 bits per heavy atom. The van der Waals surface area contributed by atoms with Crippen LogP contribution >= 0.6 is 0 Å². The zero-order chi connectivity index (χ0) is 24.9. The number of nitrogens with zero attached hydrogens (tertiary/aromatic N) is 2. The van der Waals surface area contributed by atoms with Crippen molar-refractivity contribution in [3.05, 3.63) is 95.6 Å². The molecule has 3 aromatic rings. The highest BCUT2D eigenvalue weighted by molar-refractivity contribution is 5.99. The highest BCUT2D eigenvalue weighted by Gasteiger charge is 2.26. The first-order valence-corrected chi connectivity index (χ1v) is 13.7. The largest absolute Gasteiger partial charge is 0.497 e. The Hall–Kier alpha value is -3.04. The second kappa shape index (κ2) is 11.3. The number of allylic oxidation sites excluding steroid dienone is 1. The van der Waals surface area contributed by atoms with Gasteiger partial charge in [-0.1, -0.05) is 67.4 Å². The van der Waals surface area contributed by atoms with Crippen LogP contribution < -0.4 is 9.64 Å². The molecule has 36 heavy (non-hydrogen) atoms. The Morgan fingerprint density at radius 2 is 1.31 bits per heavy atom. The molecule has 2 fully saturated rings. The molecule has 188 valence electrons. The third-order valence-electron chi connectivity index (χ3n) is 8.06. The molecule has 2 aliphatic rings. The van der Waals surface area contributed by atoms with E-state index in [9.17, 15) is 0 Å². The summed E-state index contributed by atoms with van der Waals surface area (Å²) in [6.45, 7) is 9.05. The number of anilines is 1. The van der Waals surface area contributed by atoms with Crippen LogP contribution in [0.1, 0.15) is 56.2 Å². The van der Waals surface area contributed by atoms with Crippen molar-refractivity contribution in [1.82, 2.24) is 4.90 Å². The number of ether oxygens (including phenoxy) is 1. The van der Waals surface area contributed by atoms with Gasteiger partial charge in [-0.2, -0.15) is 0 Å². The van der Waals surface area contributed by atoms with E-state index in [1.807, 2.05) is 0 Å². The molecule has 1 aliphatic heterocycles. The molecular weight excluding hydrogens is 440 g/mol. The Kier molecular flexibility index (Phi) is 7.77. The molecule has 3 aromatic carbocycles. The summed E-state index contributed by atoms with van der Waals surface area (Å²) in [6, 6.07) is 29.7. The lowest BCUT2D eigenvalue weighted by Gasteiger charge is -2.38. The monoisotopic (exact) mass is 480 g/mol. The fourth-order valence-electron chi connectivity index (χ4n) is 5.99. The minimum Gasteiger partial charge on any atom is -0.497 e. The quantitative estimate of drug-likeness (QED) is 0.328. The van der Waals surface area contributed by atoms with E-state index in [0.717, 1.165) is 31.9 Å². The molecule has 1 heterocycles. The topological polar surface area (TPSA) is 15.7 Å². The Morgan fingerprint density at radius 3 is 1.86 bits per heavy atom. The maximum atomic E-state index is 5.48. The Balaban J connectivity index is 1.56. The Labute approximate surface area is 217 Å². The van der Waals surface area contributed by atoms with Gasteiger partial charge in [-0.05, 0) is 84.7 Å². The van der Waals surface area contributed by atoms with Crippen LogP contribution in [0.2, 0.25) is 0 Å². The number of rotatable bonds is 7. The lowest BCUT2D eigenvalue weighted by Crippen LogP contribution is -2.48. The first-order valence-electron chi connectivity index (χ1n) is 13.7. The maximum Gasteiger partial charge on any atom is 0.118 e. The molecule has 0 aromatic heterocycles. The van der Waals surface area contributed by atoms with Gasteiger partial charge in [0.25, 0.3) is 0 Å². The lowest BCUT2D eigenvalue weighted by molar-refractivity contribution is 0.209. The van der Waals surface area contributed by atoms with Crippen molar-refractivity contribution in [2.75, 3.05) is 38.2 Å². The summed E-state index contributed by atoms with van der Waals surface area (Å²) in [5.74, 6) is 1.49. The molecule has 0 amide bonds. The Bertz CT molecular complexity index is 1130. The van der Waals surface area contributed by atoms with Gasteiger partial charge in [-0.25, -0.2) is 0 Å². The van der Waals surface area contributed by atoms with Crippen LogP contribution in [-0.4, -0.2) is 44.2 Å². The van der Waals surface area contributed by atoms with Gasteiger partial charge in [0.05, 0.1) is 7.11 Å². The predicted molar refractivity (Wildman–Crippen MR) is 153 cm³/mol. The van der Waals surface area contributed by atoms with Crippen LogP contribution in [0.25, 0.3) is 11.1 Å². The predicted octanol–water partition coefficient (Wildman–Crippen LogP) is 7.37. The van der Waals surface area contributed by atoms with E-state index in [4.69, 9.17) is 4.74 Å². The van der Waals surface area contributed by atoms with Gasteiger partial charge in [0.1, 0.15) is 5.75 Å². The second-order valence-corrected chi connectivity index (χ2v) is 10.5. The zero-order valence-electron chi connectivity index (χ0n) is 22.1. The van der Waals surface area contributed by atoms with Gasteiger partial charge in [-0.15, -0.1) is 0 Å². The van der Waals surface area contributed by atoms with E-state index in [-0.39, 0.29) is 0 Å². The fraction of sp³-hybridized carbons (Fsp3) is 0.394. The molecule has 0 spiro atoms. The third kappa shape index (κ3) is 5.37. The van der Waals surface area contributed by atoms with E-state index < -0.39 is 0 Å². The van der Waals surface area contributed by atoms with Crippen molar-refractivity contribution < 1.29 is 4.74 Å². The SMILES string of the molecule is COc1ccc(/C(=C(/c2ccccc2)C2CCCC2)c2ccc(N3CCN(C(C)C)CC3)cc2)cc1. The normalized spacial score (nSPS) is 17.9. The number of benzene rings is 3. The average Bonchev–Trinajstić information content (AvgIpc) is 3.47. The van der Waals surface area contributed by atoms with E-state index in [1.54, 1.807) is 7.11 Å². The van der Waals surface area contributed by atoms with Crippen LogP contribution in [-0.2, 0) is 0 Å². The van der Waals surface area contributed by atoms with E-state index in [1.165, 1.54) is 59.2 Å². The number of hydrogen-bond donors (Lipinski definition) is 0. The molecule has 0 N–H and O–H groups in total. The minimum absolute atomic E-state index is 0.591. The van der Waals surface area contributed by atoms with Crippen molar-refractivity contribution in [2.24, 2.45) is 5.92 Å². The zero-order valence-corrected chi connectivity index (χ0v) is 22.1. The van der Waals surface area contributed by atoms with E-state index in [0.29, 0.717) is 12.0 Å². The number of methoxy groups -OCH3 is 1. The van der Waals surface area contributed by atoms with Gasteiger partial charge in [-0.3, -0.25) is 4.90 Å². The third-order valence-corrected chi connectivity index (χ3v) is 8.06. The summed E-state index contributed by atoms with van der Waals surface area (Å²) in [5.41, 5.74) is 8.11. The number of piperazine rings is 1. The molecule has 1 aliphatic carbocycles. The summed E-state index contributed by atoms with van der Waals surface area (Å²) in [4.78, 5) is 5.11. The highest BCUT2D eigenvalue weighted by atomic mass is 16.5. The van der Waals surface area contributed by atoms with Crippen LogP contribution in [0.5, 0.6) is 5.75 Å². The fourth-order valence-corrected chi connectivity index (χ4v) is 5.99. The summed E-state index contributed by atoms with van der Waals surface area (Å²) in [5, 5.41) is 0. The minimum atomic E-state index is 0.591. The summed E-state index contributed by atoms with van der Waals surface area (Å²) < 4.78 is 5.48. The van der Waals surface area contributed by atoms with Crippen molar-refractivity contribution in [2.45, 2.75) is 45.6 Å². The van der Waals surface area contributed by atoms with Crippen molar-refractivity contribution >= 4 is 16.8 Å². The van der Waals surface area contributed by atoms with Crippen molar-refractivity contribution in [3.8, 4) is 5.75 Å². The molecule has 3 nitrogen and oxygen atoms in total. The van der Waals surface area contributed by atoms with Crippen LogP contribution in [0.3, 0.4) is 0 Å². The summed E-state index contributed by atoms with van der Waals surface area (Å²) in [6.07, 6.45) is 5.17.